The summed E-state index contributed by atoms with van der Waals surface area (Å²) in [5, 5.41) is 19.5. The first-order valence-corrected chi connectivity index (χ1v) is 14.9. The maximum Gasteiger partial charge on any atom is 0.335 e. The minimum Gasteiger partial charge on any atom is -0.508 e. The number of carboxylic acid groups (broad SMARTS) is 1. The van der Waals surface area contributed by atoms with Crippen LogP contribution in [0.4, 0.5) is 15.8 Å². The SMILES string of the molecule is O=C(O)c1cccc(N2C(=O)[C@H]3[C@H](CC=C4[C@H]3C[C@@]3(Cl)C(=O)N(c5ccc(F)cc5)C(=O)[C@@]3(Cl)[C@H]4c3ccc(O)cc3)C2=O)c1. The predicted molar refractivity (Wildman–Crippen MR) is 161 cm³/mol. The van der Waals surface area contributed by atoms with Crippen LogP contribution in [0, 0.1) is 23.6 Å². The predicted octanol–water partition coefficient (Wildman–Crippen LogP) is 5.00. The van der Waals surface area contributed by atoms with Crippen LogP contribution in [0.1, 0.15) is 34.7 Å². The molecule has 2 heterocycles. The molecule has 2 N–H and O–H groups in total. The Morgan fingerprint density at radius 1 is 0.844 bits per heavy atom. The molecule has 45 heavy (non-hydrogen) atoms. The number of phenols is 1. The zero-order valence-electron chi connectivity index (χ0n) is 23.2. The lowest BCUT2D eigenvalue weighted by atomic mass is 9.56. The standard InChI is InChI=1S/C33H23Cl2FN2O7/c34-32-15-24-22(12-13-23-25(24)28(41)37(27(23)40)20-3-1-2-17(14-20)29(42)43)26(16-4-10-21(39)11-5-16)33(32,35)31(45)38(30(32)44)19-8-6-18(36)7-9-19/h1-12,14,23-26,39H,13,15H2,(H,42,43)/t23-,24+,25-,26-,32+,33-/m0/s1. The average molecular weight is 649 g/mol. The van der Waals surface area contributed by atoms with E-state index in [4.69, 9.17) is 23.2 Å². The number of alkyl halides is 2. The third-order valence-electron chi connectivity index (χ3n) is 9.47. The zero-order chi connectivity index (χ0) is 32.0. The average Bonchev–Trinajstić information content (AvgIpc) is 3.36. The second kappa shape index (κ2) is 9.98. The lowest BCUT2D eigenvalue weighted by molar-refractivity contribution is -0.125. The van der Waals surface area contributed by atoms with Crippen molar-refractivity contribution in [3.8, 4) is 5.75 Å². The van der Waals surface area contributed by atoms with E-state index in [1.54, 1.807) is 18.2 Å². The van der Waals surface area contributed by atoms with E-state index in [1.807, 2.05) is 0 Å². The molecule has 7 rings (SSSR count). The molecular weight excluding hydrogens is 626 g/mol. The van der Waals surface area contributed by atoms with Crippen LogP contribution in [0.2, 0.25) is 0 Å². The molecule has 228 valence electrons. The molecule has 3 aromatic rings. The maximum absolute atomic E-state index is 14.3. The van der Waals surface area contributed by atoms with Crippen molar-refractivity contribution in [2.24, 2.45) is 17.8 Å². The van der Waals surface area contributed by atoms with Crippen molar-refractivity contribution in [2.45, 2.75) is 28.5 Å². The molecule has 12 heteroatoms. The summed E-state index contributed by atoms with van der Waals surface area (Å²) in [6, 6.07) is 16.2. The number of carboxylic acids is 1. The smallest absolute Gasteiger partial charge is 0.335 e. The van der Waals surface area contributed by atoms with Crippen LogP contribution in [0.3, 0.4) is 0 Å². The van der Waals surface area contributed by atoms with Crippen LogP contribution >= 0.6 is 23.2 Å². The number of fused-ring (bicyclic) bond motifs is 4. The van der Waals surface area contributed by atoms with Gasteiger partial charge in [-0.1, -0.05) is 29.8 Å². The first kappa shape index (κ1) is 29.2. The number of amides is 4. The molecule has 9 nitrogen and oxygen atoms in total. The molecule has 0 bridgehead atoms. The Balaban J connectivity index is 1.37. The Labute approximate surface area is 265 Å². The molecule has 2 saturated heterocycles. The number of imide groups is 2. The van der Waals surface area contributed by atoms with Gasteiger partial charge in [-0.05, 0) is 78.9 Å². The molecule has 0 radical (unpaired) electrons. The Kier molecular flexibility index (Phi) is 6.48. The van der Waals surface area contributed by atoms with Crippen LogP contribution in [0.15, 0.2) is 84.4 Å². The Morgan fingerprint density at radius 3 is 2.20 bits per heavy atom. The third-order valence-corrected chi connectivity index (χ3v) is 10.9. The molecule has 2 aliphatic carbocycles. The van der Waals surface area contributed by atoms with Gasteiger partial charge in [0.1, 0.15) is 11.6 Å². The number of halogens is 3. The van der Waals surface area contributed by atoms with E-state index >= 15 is 0 Å². The molecule has 4 aliphatic rings. The van der Waals surface area contributed by atoms with E-state index in [2.05, 4.69) is 0 Å². The topological polar surface area (TPSA) is 132 Å². The highest BCUT2D eigenvalue weighted by Gasteiger charge is 2.76. The summed E-state index contributed by atoms with van der Waals surface area (Å²) in [7, 11) is 0. The Hall–Kier alpha value is -4.54. The number of hydrogen-bond acceptors (Lipinski definition) is 6. The van der Waals surface area contributed by atoms with Gasteiger partial charge in [-0.25, -0.2) is 14.1 Å². The molecule has 0 spiro atoms. The third kappa shape index (κ3) is 3.95. The van der Waals surface area contributed by atoms with E-state index in [1.165, 1.54) is 48.5 Å². The van der Waals surface area contributed by atoms with Crippen LogP contribution in [-0.2, 0) is 19.2 Å². The van der Waals surface area contributed by atoms with Crippen LogP contribution in [0.25, 0.3) is 0 Å². The fourth-order valence-electron chi connectivity index (χ4n) is 7.47. The highest BCUT2D eigenvalue weighted by atomic mass is 35.5. The lowest BCUT2D eigenvalue weighted by Crippen LogP contribution is -2.60. The van der Waals surface area contributed by atoms with Gasteiger partial charge >= 0.3 is 5.97 Å². The first-order valence-electron chi connectivity index (χ1n) is 14.1. The summed E-state index contributed by atoms with van der Waals surface area (Å²) in [5.74, 6) is -8.29. The van der Waals surface area contributed by atoms with Gasteiger partial charge in [0.15, 0.2) is 9.75 Å². The number of hydrogen-bond donors (Lipinski definition) is 2. The minimum atomic E-state index is -2.09. The Morgan fingerprint density at radius 2 is 1.53 bits per heavy atom. The van der Waals surface area contributed by atoms with Crippen LogP contribution in [0.5, 0.6) is 5.75 Å². The first-order chi connectivity index (χ1) is 21.4. The normalized spacial score (nSPS) is 30.6. The highest BCUT2D eigenvalue weighted by molar-refractivity contribution is 6.58. The molecule has 3 fully saturated rings. The minimum absolute atomic E-state index is 0.0536. The largest absolute Gasteiger partial charge is 0.508 e. The summed E-state index contributed by atoms with van der Waals surface area (Å²) in [4.78, 5) is 65.6. The summed E-state index contributed by atoms with van der Waals surface area (Å²) >= 11 is 14.6. The Bertz CT molecular complexity index is 1860. The van der Waals surface area contributed by atoms with Crippen molar-refractivity contribution in [3.05, 3.63) is 101 Å². The van der Waals surface area contributed by atoms with E-state index in [9.17, 15) is 38.6 Å². The monoisotopic (exact) mass is 648 g/mol. The molecule has 3 aromatic carbocycles. The summed E-state index contributed by atoms with van der Waals surface area (Å²) in [6.07, 6.45) is 1.63. The number of aromatic hydroxyl groups is 1. The van der Waals surface area contributed by atoms with Gasteiger partial charge in [0.05, 0.1) is 28.8 Å². The number of nitrogens with zero attached hydrogens (tertiary/aromatic N) is 2. The molecule has 6 atom stereocenters. The molecule has 0 unspecified atom stereocenters. The summed E-state index contributed by atoms with van der Waals surface area (Å²) in [5.41, 5.74) is 1.07. The number of phenolic OH excluding ortho intramolecular Hbond substituents is 1. The number of carbonyl (C=O) groups is 5. The van der Waals surface area contributed by atoms with E-state index in [0.717, 1.165) is 21.9 Å². The maximum atomic E-state index is 14.3. The zero-order valence-corrected chi connectivity index (χ0v) is 24.7. The summed E-state index contributed by atoms with van der Waals surface area (Å²) in [6.45, 7) is 0. The number of aromatic carboxylic acids is 1. The van der Waals surface area contributed by atoms with Gasteiger partial charge < -0.3 is 10.2 Å². The van der Waals surface area contributed by atoms with E-state index < -0.39 is 68.8 Å². The molecule has 2 aliphatic heterocycles. The van der Waals surface area contributed by atoms with Crippen LogP contribution < -0.4 is 9.80 Å². The number of benzene rings is 3. The van der Waals surface area contributed by atoms with E-state index in [0.29, 0.717) is 11.1 Å². The van der Waals surface area contributed by atoms with Crippen molar-refractivity contribution in [1.82, 2.24) is 0 Å². The lowest BCUT2D eigenvalue weighted by Gasteiger charge is -2.50. The fourth-order valence-corrected chi connectivity index (χ4v) is 8.41. The van der Waals surface area contributed by atoms with Gasteiger partial charge in [-0.3, -0.25) is 24.1 Å². The van der Waals surface area contributed by atoms with Gasteiger partial charge in [0.25, 0.3) is 11.8 Å². The summed E-state index contributed by atoms with van der Waals surface area (Å²) < 4.78 is 13.8. The van der Waals surface area contributed by atoms with Crippen molar-refractivity contribution in [3.63, 3.8) is 0 Å². The molecule has 0 aromatic heterocycles. The van der Waals surface area contributed by atoms with Crippen LogP contribution in [-0.4, -0.2) is 49.6 Å². The van der Waals surface area contributed by atoms with Gasteiger partial charge in [-0.2, -0.15) is 0 Å². The number of allylic oxidation sites excluding steroid dienone is 2. The van der Waals surface area contributed by atoms with Crippen molar-refractivity contribution in [2.75, 3.05) is 9.80 Å². The second-order valence-corrected chi connectivity index (χ2v) is 13.0. The molecule has 4 amide bonds. The quantitative estimate of drug-likeness (QED) is 0.231. The van der Waals surface area contributed by atoms with Crippen molar-refractivity contribution >= 4 is 64.2 Å². The fraction of sp³-hybridized carbons (Fsp3) is 0.242. The number of carbonyl (C=O) groups excluding carboxylic acids is 4. The van der Waals surface area contributed by atoms with E-state index in [-0.39, 0.29) is 35.5 Å². The van der Waals surface area contributed by atoms with Crippen molar-refractivity contribution in [1.29, 1.82) is 0 Å². The molecular formula is C33H23Cl2FN2O7. The van der Waals surface area contributed by atoms with Gasteiger partial charge in [0, 0.05) is 5.92 Å². The van der Waals surface area contributed by atoms with Crippen molar-refractivity contribution < 1.29 is 38.6 Å². The van der Waals surface area contributed by atoms with Gasteiger partial charge in [0.2, 0.25) is 11.8 Å². The number of anilines is 2. The number of rotatable bonds is 4. The van der Waals surface area contributed by atoms with Gasteiger partial charge in [-0.15, -0.1) is 23.2 Å². The highest BCUT2D eigenvalue weighted by Crippen LogP contribution is 2.65. The second-order valence-electron chi connectivity index (χ2n) is 11.7. The molecule has 1 saturated carbocycles.